The van der Waals surface area contributed by atoms with E-state index in [0.717, 1.165) is 10.9 Å². The molecule has 0 bridgehead atoms. The highest BCUT2D eigenvalue weighted by molar-refractivity contribution is 5.93. The molecule has 0 saturated heterocycles. The molecule has 0 aliphatic rings. The van der Waals surface area contributed by atoms with Crippen molar-refractivity contribution in [3.05, 3.63) is 35.8 Å². The molecule has 0 fully saturated rings. The first-order valence-electron chi connectivity index (χ1n) is 5.49. The summed E-state index contributed by atoms with van der Waals surface area (Å²) in [4.78, 5) is 8.33. The Morgan fingerprint density at radius 3 is 2.59 bits per heavy atom. The molecular weight excluding hydrogens is 212 g/mol. The number of nitrogens with zero attached hydrogens (tertiary/aromatic N) is 2. The van der Waals surface area contributed by atoms with Gasteiger partial charge in [-0.15, -0.1) is 0 Å². The number of aromatic nitrogens is 2. The van der Waals surface area contributed by atoms with E-state index in [1.807, 2.05) is 12.1 Å². The quantitative estimate of drug-likeness (QED) is 0.580. The highest BCUT2D eigenvalue weighted by atomic mass is 14.9. The van der Waals surface area contributed by atoms with Crippen LogP contribution in [0.1, 0.15) is 32.2 Å². The third-order valence-electron chi connectivity index (χ3n) is 2.69. The molecule has 2 aromatic rings. The first-order valence-corrected chi connectivity index (χ1v) is 5.49. The Kier molecular flexibility index (Phi) is 2.58. The lowest BCUT2D eigenvalue weighted by Gasteiger charge is -2.19. The molecule has 1 aromatic heterocycles. The molecule has 0 amide bonds. The zero-order chi connectivity index (χ0) is 12.6. The predicted octanol–water partition coefficient (Wildman–Crippen LogP) is 2.21. The van der Waals surface area contributed by atoms with E-state index in [2.05, 4.69) is 36.8 Å². The van der Waals surface area contributed by atoms with Crippen molar-refractivity contribution in [3.63, 3.8) is 0 Å². The van der Waals surface area contributed by atoms with Crippen LogP contribution in [0.15, 0.2) is 24.4 Å². The number of nitrogens with two attached hydrogens (primary N) is 1. The second-order valence-electron chi connectivity index (χ2n) is 5.13. The fourth-order valence-electron chi connectivity index (χ4n) is 1.62. The van der Waals surface area contributed by atoms with Gasteiger partial charge in [-0.2, -0.15) is 0 Å². The van der Waals surface area contributed by atoms with Gasteiger partial charge in [-0.1, -0.05) is 32.9 Å². The van der Waals surface area contributed by atoms with Crippen LogP contribution < -0.4 is 5.73 Å². The van der Waals surface area contributed by atoms with Crippen molar-refractivity contribution in [2.24, 2.45) is 5.73 Å². The minimum Gasteiger partial charge on any atom is -0.381 e. The van der Waals surface area contributed by atoms with E-state index in [9.17, 15) is 0 Å². The number of amidine groups is 1. The van der Waals surface area contributed by atoms with Crippen LogP contribution in [-0.4, -0.2) is 15.8 Å². The Morgan fingerprint density at radius 1 is 1.29 bits per heavy atom. The van der Waals surface area contributed by atoms with E-state index in [-0.39, 0.29) is 17.1 Å². The maximum Gasteiger partial charge on any atom is 0.195 e. The number of hydrogen-bond acceptors (Lipinski definition) is 3. The third kappa shape index (κ3) is 2.25. The Labute approximate surface area is 100 Å². The van der Waals surface area contributed by atoms with Crippen molar-refractivity contribution >= 4 is 16.7 Å². The summed E-state index contributed by atoms with van der Waals surface area (Å²) in [6.07, 6.45) is 1.70. The zero-order valence-electron chi connectivity index (χ0n) is 10.3. The van der Waals surface area contributed by atoms with Gasteiger partial charge in [0.1, 0.15) is 0 Å². The van der Waals surface area contributed by atoms with Crippen LogP contribution in [0.3, 0.4) is 0 Å². The molecule has 0 unspecified atom stereocenters. The van der Waals surface area contributed by atoms with Crippen molar-refractivity contribution in [3.8, 4) is 0 Å². The molecule has 0 saturated carbocycles. The van der Waals surface area contributed by atoms with Crippen molar-refractivity contribution in [1.82, 2.24) is 9.97 Å². The van der Waals surface area contributed by atoms with E-state index < -0.39 is 0 Å². The van der Waals surface area contributed by atoms with Crippen LogP contribution in [-0.2, 0) is 5.41 Å². The van der Waals surface area contributed by atoms with E-state index >= 15 is 0 Å². The molecule has 88 valence electrons. The standard InChI is InChI=1S/C13H16N4/c1-13(2,3)9-5-4-8-7-16-12(11(14)15)17-10(8)6-9/h4-7H,1-3H3,(H3,14,15). The average molecular weight is 228 g/mol. The van der Waals surface area contributed by atoms with Gasteiger partial charge in [0.25, 0.3) is 0 Å². The lowest BCUT2D eigenvalue weighted by molar-refractivity contribution is 0.591. The van der Waals surface area contributed by atoms with Gasteiger partial charge in [-0.25, -0.2) is 9.97 Å². The molecule has 4 nitrogen and oxygen atoms in total. The molecule has 4 heteroatoms. The van der Waals surface area contributed by atoms with Gasteiger partial charge in [0.05, 0.1) is 5.52 Å². The fraction of sp³-hybridized carbons (Fsp3) is 0.308. The normalized spacial score (nSPS) is 11.7. The summed E-state index contributed by atoms with van der Waals surface area (Å²) in [7, 11) is 0. The van der Waals surface area contributed by atoms with Gasteiger partial charge in [-0.05, 0) is 17.0 Å². The van der Waals surface area contributed by atoms with Crippen LogP contribution in [0, 0.1) is 5.41 Å². The Bertz CT molecular complexity index is 581. The molecule has 17 heavy (non-hydrogen) atoms. The van der Waals surface area contributed by atoms with Gasteiger partial charge in [0.2, 0.25) is 0 Å². The molecule has 1 heterocycles. The monoisotopic (exact) mass is 228 g/mol. The minimum absolute atomic E-state index is 0.0789. The Balaban J connectivity index is 2.62. The van der Waals surface area contributed by atoms with Crippen molar-refractivity contribution < 1.29 is 0 Å². The third-order valence-corrected chi connectivity index (χ3v) is 2.69. The number of nitrogen functional groups attached to an aromatic ring is 1. The first-order chi connectivity index (χ1) is 7.88. The van der Waals surface area contributed by atoms with E-state index in [1.165, 1.54) is 5.56 Å². The molecule has 0 spiro atoms. The highest BCUT2D eigenvalue weighted by Crippen LogP contribution is 2.24. The summed E-state index contributed by atoms with van der Waals surface area (Å²) in [5, 5.41) is 8.30. The summed E-state index contributed by atoms with van der Waals surface area (Å²) in [6, 6.07) is 6.11. The smallest absolute Gasteiger partial charge is 0.195 e. The largest absolute Gasteiger partial charge is 0.381 e. The second kappa shape index (κ2) is 3.80. The summed E-state index contributed by atoms with van der Waals surface area (Å²) in [5.41, 5.74) is 7.50. The molecule has 0 atom stereocenters. The number of rotatable bonds is 1. The molecule has 0 aliphatic carbocycles. The van der Waals surface area contributed by atoms with E-state index in [0.29, 0.717) is 0 Å². The predicted molar refractivity (Wildman–Crippen MR) is 69.3 cm³/mol. The number of fused-ring (bicyclic) bond motifs is 1. The van der Waals surface area contributed by atoms with Crippen LogP contribution in [0.2, 0.25) is 0 Å². The second-order valence-corrected chi connectivity index (χ2v) is 5.13. The first kappa shape index (κ1) is 11.5. The maximum absolute atomic E-state index is 7.34. The topological polar surface area (TPSA) is 75.7 Å². The lowest BCUT2D eigenvalue weighted by Crippen LogP contribution is -2.15. The van der Waals surface area contributed by atoms with Crippen molar-refractivity contribution in [2.75, 3.05) is 0 Å². The molecule has 0 aliphatic heterocycles. The summed E-state index contributed by atoms with van der Waals surface area (Å²) in [5.74, 6) is 0.177. The van der Waals surface area contributed by atoms with Crippen LogP contribution in [0.5, 0.6) is 0 Å². The van der Waals surface area contributed by atoms with Crippen molar-refractivity contribution in [1.29, 1.82) is 5.41 Å². The van der Waals surface area contributed by atoms with Gasteiger partial charge in [0.15, 0.2) is 11.7 Å². The molecule has 3 N–H and O–H groups in total. The SMILES string of the molecule is CC(C)(C)c1ccc2cnc(C(=N)N)nc2c1. The fourth-order valence-corrected chi connectivity index (χ4v) is 1.62. The maximum atomic E-state index is 7.34. The van der Waals surface area contributed by atoms with Gasteiger partial charge in [-0.3, -0.25) is 5.41 Å². The highest BCUT2D eigenvalue weighted by Gasteiger charge is 2.14. The molecular formula is C13H16N4. The molecule has 2 rings (SSSR count). The Hall–Kier alpha value is -1.97. The van der Waals surface area contributed by atoms with Crippen LogP contribution >= 0.6 is 0 Å². The summed E-state index contributed by atoms with van der Waals surface area (Å²) < 4.78 is 0. The van der Waals surface area contributed by atoms with Crippen molar-refractivity contribution in [2.45, 2.75) is 26.2 Å². The number of benzene rings is 1. The number of hydrogen-bond donors (Lipinski definition) is 2. The number of nitrogens with one attached hydrogen (secondary N) is 1. The molecule has 1 aromatic carbocycles. The van der Waals surface area contributed by atoms with Gasteiger partial charge in [0, 0.05) is 11.6 Å². The van der Waals surface area contributed by atoms with Gasteiger partial charge < -0.3 is 5.73 Å². The van der Waals surface area contributed by atoms with Gasteiger partial charge >= 0.3 is 0 Å². The summed E-state index contributed by atoms with van der Waals surface area (Å²) >= 11 is 0. The minimum atomic E-state index is -0.104. The van der Waals surface area contributed by atoms with E-state index in [1.54, 1.807) is 6.20 Å². The zero-order valence-corrected chi connectivity index (χ0v) is 10.3. The van der Waals surface area contributed by atoms with E-state index in [4.69, 9.17) is 11.1 Å². The molecule has 0 radical (unpaired) electrons. The summed E-state index contributed by atoms with van der Waals surface area (Å²) in [6.45, 7) is 6.46. The van der Waals surface area contributed by atoms with Crippen LogP contribution in [0.4, 0.5) is 0 Å². The Morgan fingerprint density at radius 2 is 2.00 bits per heavy atom. The lowest BCUT2D eigenvalue weighted by atomic mass is 9.87. The van der Waals surface area contributed by atoms with Crippen LogP contribution in [0.25, 0.3) is 10.9 Å². The average Bonchev–Trinajstić information content (AvgIpc) is 2.26.